The van der Waals surface area contributed by atoms with Crippen LogP contribution in [-0.4, -0.2) is 24.2 Å². The number of benzene rings is 2. The standard InChI is InChI=1S/C21H19N3O3S/c1-13-5-3-6-14(9-13)10-18-20(26)24(15-7-4-8-16(11-15)27-2)21(28-18)17(12-22)19(23)25/h3-9,11,18H,10H2,1-2H3,(H2,23,25)/b21-17-/t18-/m1/s1. The quantitative estimate of drug-likeness (QED) is 0.622. The lowest BCUT2D eigenvalue weighted by Gasteiger charge is -2.19. The monoisotopic (exact) mass is 393 g/mol. The van der Waals surface area contributed by atoms with Gasteiger partial charge in [0.2, 0.25) is 5.91 Å². The summed E-state index contributed by atoms with van der Waals surface area (Å²) in [4.78, 5) is 26.4. The smallest absolute Gasteiger partial charge is 0.262 e. The van der Waals surface area contributed by atoms with Gasteiger partial charge in [0.25, 0.3) is 5.91 Å². The van der Waals surface area contributed by atoms with Crippen molar-refractivity contribution in [3.05, 3.63) is 70.3 Å². The summed E-state index contributed by atoms with van der Waals surface area (Å²) in [6, 6.07) is 16.7. The van der Waals surface area contributed by atoms with Crippen molar-refractivity contribution in [2.45, 2.75) is 18.6 Å². The summed E-state index contributed by atoms with van der Waals surface area (Å²) in [6.07, 6.45) is 0.479. The SMILES string of the molecule is COc1cccc(N2C(=O)[C@@H](Cc3cccc(C)c3)S/C2=C(/C#N)C(N)=O)c1. The minimum atomic E-state index is -0.859. The molecule has 0 unspecified atom stereocenters. The van der Waals surface area contributed by atoms with E-state index in [0.717, 1.165) is 11.1 Å². The third kappa shape index (κ3) is 3.87. The van der Waals surface area contributed by atoms with Gasteiger partial charge in [-0.25, -0.2) is 0 Å². The lowest BCUT2D eigenvalue weighted by atomic mass is 10.1. The summed E-state index contributed by atoms with van der Waals surface area (Å²) >= 11 is 1.19. The average molecular weight is 393 g/mol. The number of carbonyl (C=O) groups is 2. The van der Waals surface area contributed by atoms with Crippen molar-refractivity contribution in [2.75, 3.05) is 12.0 Å². The average Bonchev–Trinajstić information content (AvgIpc) is 2.98. The topological polar surface area (TPSA) is 96.4 Å². The van der Waals surface area contributed by atoms with Crippen LogP contribution in [0.1, 0.15) is 11.1 Å². The highest BCUT2D eigenvalue weighted by Crippen LogP contribution is 2.42. The second kappa shape index (κ2) is 8.19. The number of ether oxygens (including phenoxy) is 1. The minimum Gasteiger partial charge on any atom is -0.497 e. The van der Waals surface area contributed by atoms with E-state index in [4.69, 9.17) is 10.5 Å². The van der Waals surface area contributed by atoms with Gasteiger partial charge >= 0.3 is 0 Å². The van der Waals surface area contributed by atoms with Gasteiger partial charge in [-0.15, -0.1) is 0 Å². The first kappa shape index (κ1) is 19.5. The second-order valence-corrected chi connectivity index (χ2v) is 7.52. The summed E-state index contributed by atoms with van der Waals surface area (Å²) in [5.41, 5.74) is 7.79. The Balaban J connectivity index is 2.05. The number of hydrogen-bond donors (Lipinski definition) is 1. The molecule has 1 atom stereocenters. The van der Waals surface area contributed by atoms with Crippen molar-refractivity contribution < 1.29 is 14.3 Å². The summed E-state index contributed by atoms with van der Waals surface area (Å²) in [5.74, 6) is -0.500. The fourth-order valence-electron chi connectivity index (χ4n) is 3.04. The minimum absolute atomic E-state index is 0.205. The molecule has 1 heterocycles. The lowest BCUT2D eigenvalue weighted by Crippen LogP contribution is -2.31. The van der Waals surface area contributed by atoms with E-state index in [-0.39, 0.29) is 16.5 Å². The van der Waals surface area contributed by atoms with Crippen molar-refractivity contribution in [3.8, 4) is 11.8 Å². The number of thioether (sulfide) groups is 1. The number of nitrogens with two attached hydrogens (primary N) is 1. The maximum Gasteiger partial charge on any atom is 0.262 e. The fourth-order valence-corrected chi connectivity index (χ4v) is 4.35. The zero-order chi connectivity index (χ0) is 20.3. The number of hydrogen-bond acceptors (Lipinski definition) is 5. The van der Waals surface area contributed by atoms with Crippen LogP contribution in [0, 0.1) is 18.3 Å². The molecule has 0 spiro atoms. The van der Waals surface area contributed by atoms with E-state index in [1.807, 2.05) is 37.3 Å². The molecule has 2 amide bonds. The molecule has 0 aliphatic carbocycles. The third-order valence-electron chi connectivity index (χ3n) is 4.34. The molecular formula is C21H19N3O3S. The largest absolute Gasteiger partial charge is 0.497 e. The molecule has 2 aromatic carbocycles. The summed E-state index contributed by atoms with van der Waals surface area (Å²) in [7, 11) is 1.53. The molecule has 1 aliphatic heterocycles. The first-order valence-electron chi connectivity index (χ1n) is 8.59. The van der Waals surface area contributed by atoms with Crippen LogP contribution in [0.5, 0.6) is 5.75 Å². The van der Waals surface area contributed by atoms with E-state index >= 15 is 0 Å². The van der Waals surface area contributed by atoms with Crippen LogP contribution in [0.4, 0.5) is 5.69 Å². The normalized spacial score (nSPS) is 18.0. The van der Waals surface area contributed by atoms with E-state index in [9.17, 15) is 14.9 Å². The summed E-state index contributed by atoms with van der Waals surface area (Å²) < 4.78 is 5.24. The Hall–Kier alpha value is -3.24. The predicted molar refractivity (Wildman–Crippen MR) is 109 cm³/mol. The van der Waals surface area contributed by atoms with Crippen LogP contribution < -0.4 is 15.4 Å². The van der Waals surface area contributed by atoms with E-state index in [1.165, 1.54) is 23.8 Å². The molecule has 1 saturated heterocycles. The Kier molecular flexibility index (Phi) is 5.71. The number of primary amides is 1. The molecule has 28 heavy (non-hydrogen) atoms. The molecule has 7 heteroatoms. The van der Waals surface area contributed by atoms with E-state index in [1.54, 1.807) is 24.3 Å². The fraction of sp³-hybridized carbons (Fsp3) is 0.190. The number of rotatable bonds is 5. The number of amides is 2. The number of methoxy groups -OCH3 is 1. The van der Waals surface area contributed by atoms with Gasteiger partial charge in [0.1, 0.15) is 22.4 Å². The number of nitriles is 1. The van der Waals surface area contributed by atoms with Gasteiger partial charge in [-0.3, -0.25) is 14.5 Å². The highest BCUT2D eigenvalue weighted by molar-refractivity contribution is 8.05. The van der Waals surface area contributed by atoms with Crippen molar-refractivity contribution >= 4 is 29.3 Å². The molecule has 0 radical (unpaired) electrons. The molecule has 2 N–H and O–H groups in total. The van der Waals surface area contributed by atoms with Gasteiger partial charge in [0, 0.05) is 6.07 Å². The van der Waals surface area contributed by atoms with Gasteiger partial charge in [0.15, 0.2) is 0 Å². The van der Waals surface area contributed by atoms with E-state index in [2.05, 4.69) is 0 Å². The van der Waals surface area contributed by atoms with Gasteiger partial charge < -0.3 is 10.5 Å². The van der Waals surface area contributed by atoms with Crippen molar-refractivity contribution in [3.63, 3.8) is 0 Å². The molecule has 0 bridgehead atoms. The molecule has 1 aliphatic rings. The van der Waals surface area contributed by atoms with Gasteiger partial charge in [-0.1, -0.05) is 47.7 Å². The Labute approximate surface area is 167 Å². The molecule has 142 valence electrons. The third-order valence-corrected chi connectivity index (χ3v) is 5.60. The Morgan fingerprint density at radius 2 is 2.04 bits per heavy atom. The van der Waals surface area contributed by atoms with E-state index in [0.29, 0.717) is 17.9 Å². The van der Waals surface area contributed by atoms with Crippen molar-refractivity contribution in [1.29, 1.82) is 5.26 Å². The van der Waals surface area contributed by atoms with Gasteiger partial charge in [0.05, 0.1) is 18.0 Å². The maximum absolute atomic E-state index is 13.2. The Morgan fingerprint density at radius 3 is 2.68 bits per heavy atom. The molecule has 2 aromatic rings. The van der Waals surface area contributed by atoms with Gasteiger partial charge in [-0.2, -0.15) is 5.26 Å². The molecule has 1 fully saturated rings. The van der Waals surface area contributed by atoms with E-state index < -0.39 is 11.2 Å². The number of anilines is 1. The van der Waals surface area contributed by atoms with Crippen LogP contribution in [0.25, 0.3) is 0 Å². The maximum atomic E-state index is 13.2. The van der Waals surface area contributed by atoms with Crippen LogP contribution >= 0.6 is 11.8 Å². The first-order chi connectivity index (χ1) is 13.4. The molecule has 3 rings (SSSR count). The van der Waals surface area contributed by atoms with Crippen molar-refractivity contribution in [1.82, 2.24) is 0 Å². The molecule has 0 saturated carbocycles. The van der Waals surface area contributed by atoms with Crippen LogP contribution in [0.15, 0.2) is 59.1 Å². The first-order valence-corrected chi connectivity index (χ1v) is 9.47. The van der Waals surface area contributed by atoms with Crippen LogP contribution in [0.3, 0.4) is 0 Å². The zero-order valence-electron chi connectivity index (χ0n) is 15.5. The highest BCUT2D eigenvalue weighted by atomic mass is 32.2. The number of aryl methyl sites for hydroxylation is 1. The zero-order valence-corrected chi connectivity index (χ0v) is 16.3. The molecule has 6 nitrogen and oxygen atoms in total. The van der Waals surface area contributed by atoms with Crippen molar-refractivity contribution in [2.24, 2.45) is 5.73 Å². The predicted octanol–water partition coefficient (Wildman–Crippen LogP) is 2.92. The summed E-state index contributed by atoms with van der Waals surface area (Å²) in [5, 5.41) is 9.22. The Morgan fingerprint density at radius 1 is 1.29 bits per heavy atom. The van der Waals surface area contributed by atoms with Crippen LogP contribution in [0.2, 0.25) is 0 Å². The second-order valence-electron chi connectivity index (χ2n) is 6.33. The summed E-state index contributed by atoms with van der Waals surface area (Å²) in [6.45, 7) is 1.99. The van der Waals surface area contributed by atoms with Gasteiger partial charge in [-0.05, 0) is 31.0 Å². The molecule has 0 aromatic heterocycles. The molecular weight excluding hydrogens is 374 g/mol. The van der Waals surface area contributed by atoms with Crippen LogP contribution in [-0.2, 0) is 16.0 Å². The number of nitrogens with zero attached hydrogens (tertiary/aromatic N) is 2. The highest BCUT2D eigenvalue weighted by Gasteiger charge is 2.40. The Bertz CT molecular complexity index is 1010. The lowest BCUT2D eigenvalue weighted by molar-refractivity contribution is -0.117. The number of carbonyl (C=O) groups excluding carboxylic acids is 2.